The van der Waals surface area contributed by atoms with E-state index in [2.05, 4.69) is 57.1 Å². The Kier molecular flexibility index (Phi) is 2.36. The first-order valence-corrected chi connectivity index (χ1v) is 6.28. The van der Waals surface area contributed by atoms with Crippen LogP contribution in [-0.2, 0) is 6.42 Å². The summed E-state index contributed by atoms with van der Waals surface area (Å²) in [6, 6.07) is 4.16. The molecule has 3 rings (SSSR count). The second kappa shape index (κ2) is 3.77. The van der Waals surface area contributed by atoms with Crippen LogP contribution in [0.25, 0.3) is 16.6 Å². The second-order valence-electron chi connectivity index (χ2n) is 4.05. The monoisotopic (exact) mass is 290 g/mol. The summed E-state index contributed by atoms with van der Waals surface area (Å²) in [4.78, 5) is 4.67. The molecular weight excluding hydrogens is 280 g/mol. The van der Waals surface area contributed by atoms with Gasteiger partial charge < -0.3 is 0 Å². The molecule has 3 aromatic rings. The van der Waals surface area contributed by atoms with E-state index in [1.165, 1.54) is 5.56 Å². The molecule has 17 heavy (non-hydrogen) atoms. The number of hydrogen-bond acceptors (Lipinski definition) is 3. The maximum absolute atomic E-state index is 4.67. The van der Waals surface area contributed by atoms with Crippen LogP contribution in [-0.4, -0.2) is 19.6 Å². The van der Waals surface area contributed by atoms with Gasteiger partial charge in [0.05, 0.1) is 5.52 Å². The van der Waals surface area contributed by atoms with E-state index in [9.17, 15) is 0 Å². The minimum Gasteiger partial charge on any atom is -0.269 e. The lowest BCUT2D eigenvalue weighted by molar-refractivity contribution is 0.908. The third-order valence-electron chi connectivity index (χ3n) is 2.83. The lowest BCUT2D eigenvalue weighted by Gasteiger charge is -2.07. The van der Waals surface area contributed by atoms with Crippen LogP contribution in [0.2, 0.25) is 0 Å². The Labute approximate surface area is 107 Å². The van der Waals surface area contributed by atoms with Gasteiger partial charge in [-0.1, -0.05) is 6.92 Å². The summed E-state index contributed by atoms with van der Waals surface area (Å²) in [7, 11) is 0. The molecular formula is C12H11BrN4. The zero-order valence-electron chi connectivity index (χ0n) is 9.61. The molecule has 0 amide bonds. The quantitative estimate of drug-likeness (QED) is 0.692. The number of aromatic nitrogens is 4. The summed E-state index contributed by atoms with van der Waals surface area (Å²) in [5.41, 5.74) is 3.00. The predicted octanol–water partition coefficient (Wildman–Crippen LogP) is 2.91. The van der Waals surface area contributed by atoms with Gasteiger partial charge >= 0.3 is 0 Å². The highest BCUT2D eigenvalue weighted by molar-refractivity contribution is 9.10. The molecule has 0 bridgehead atoms. The second-order valence-corrected chi connectivity index (χ2v) is 4.90. The topological polar surface area (TPSA) is 43.1 Å². The number of rotatable bonds is 1. The third kappa shape index (κ3) is 1.53. The van der Waals surface area contributed by atoms with Gasteiger partial charge in [-0.05, 0) is 40.5 Å². The van der Waals surface area contributed by atoms with Crippen LogP contribution in [0, 0.1) is 6.92 Å². The van der Waals surface area contributed by atoms with Crippen LogP contribution in [0.1, 0.15) is 18.3 Å². The van der Waals surface area contributed by atoms with Crippen molar-refractivity contribution in [3.8, 4) is 0 Å². The Morgan fingerprint density at radius 2 is 2.18 bits per heavy atom. The molecule has 0 aliphatic carbocycles. The van der Waals surface area contributed by atoms with E-state index >= 15 is 0 Å². The molecule has 4 nitrogen and oxygen atoms in total. The summed E-state index contributed by atoms with van der Waals surface area (Å²) in [5, 5.41) is 9.20. The third-order valence-corrected chi connectivity index (χ3v) is 3.44. The van der Waals surface area contributed by atoms with Crippen LogP contribution in [0.5, 0.6) is 0 Å². The van der Waals surface area contributed by atoms with Crippen molar-refractivity contribution in [3.05, 3.63) is 34.3 Å². The van der Waals surface area contributed by atoms with Crippen LogP contribution < -0.4 is 0 Å². The summed E-state index contributed by atoms with van der Waals surface area (Å²) < 4.78 is 2.96. The van der Waals surface area contributed by atoms with Gasteiger partial charge in [0.2, 0.25) is 0 Å². The van der Waals surface area contributed by atoms with Crippen molar-refractivity contribution < 1.29 is 0 Å². The van der Waals surface area contributed by atoms with Gasteiger partial charge in [-0.25, -0.2) is 4.98 Å². The molecule has 0 unspecified atom stereocenters. The zero-order valence-corrected chi connectivity index (χ0v) is 11.2. The van der Waals surface area contributed by atoms with Gasteiger partial charge in [0.15, 0.2) is 5.65 Å². The molecule has 0 atom stereocenters. The first-order valence-electron chi connectivity index (χ1n) is 5.49. The van der Waals surface area contributed by atoms with Gasteiger partial charge in [0.1, 0.15) is 12.2 Å². The molecule has 2 aromatic heterocycles. The van der Waals surface area contributed by atoms with Gasteiger partial charge in [-0.2, -0.15) is 0 Å². The lowest BCUT2D eigenvalue weighted by atomic mass is 10.1. The van der Waals surface area contributed by atoms with Crippen molar-refractivity contribution in [2.75, 3.05) is 0 Å². The van der Waals surface area contributed by atoms with Gasteiger partial charge in [-0.15, -0.1) is 10.2 Å². The van der Waals surface area contributed by atoms with Crippen molar-refractivity contribution in [1.82, 2.24) is 19.6 Å². The normalized spacial score (nSPS) is 11.5. The molecule has 0 saturated heterocycles. The summed E-state index contributed by atoms with van der Waals surface area (Å²) >= 11 is 3.57. The van der Waals surface area contributed by atoms with Crippen LogP contribution >= 0.6 is 15.9 Å². The molecule has 5 heteroatoms. The Morgan fingerprint density at radius 1 is 1.35 bits per heavy atom. The Bertz CT molecular complexity index is 717. The van der Waals surface area contributed by atoms with Crippen LogP contribution in [0.4, 0.5) is 0 Å². The minimum absolute atomic E-state index is 0.852. The highest BCUT2D eigenvalue weighted by Crippen LogP contribution is 2.27. The lowest BCUT2D eigenvalue weighted by Crippen LogP contribution is -2.00. The van der Waals surface area contributed by atoms with E-state index in [0.29, 0.717) is 0 Å². The number of halogens is 1. The van der Waals surface area contributed by atoms with E-state index in [-0.39, 0.29) is 0 Å². The van der Waals surface area contributed by atoms with Gasteiger partial charge in [0.25, 0.3) is 0 Å². The first-order chi connectivity index (χ1) is 8.20. The van der Waals surface area contributed by atoms with Crippen molar-refractivity contribution in [2.45, 2.75) is 20.3 Å². The fourth-order valence-electron chi connectivity index (χ4n) is 2.06. The maximum atomic E-state index is 4.67. The minimum atomic E-state index is 0.852. The largest absolute Gasteiger partial charge is 0.269 e. The van der Waals surface area contributed by atoms with Crippen LogP contribution in [0.3, 0.4) is 0 Å². The van der Waals surface area contributed by atoms with E-state index in [4.69, 9.17) is 0 Å². The van der Waals surface area contributed by atoms with Crippen molar-refractivity contribution in [3.63, 3.8) is 0 Å². The summed E-state index contributed by atoms with van der Waals surface area (Å²) in [6.45, 7) is 4.14. The summed E-state index contributed by atoms with van der Waals surface area (Å²) in [5.74, 6) is 0.974. The maximum Gasteiger partial charge on any atom is 0.171 e. The number of nitrogens with zero attached hydrogens (tertiary/aromatic N) is 4. The van der Waals surface area contributed by atoms with Gasteiger partial charge in [-0.3, -0.25) is 4.40 Å². The van der Waals surface area contributed by atoms with E-state index in [1.807, 2.05) is 4.40 Å². The van der Waals surface area contributed by atoms with E-state index in [1.54, 1.807) is 6.33 Å². The van der Waals surface area contributed by atoms with E-state index in [0.717, 1.165) is 33.3 Å². The number of hydrogen-bond donors (Lipinski definition) is 0. The predicted molar refractivity (Wildman–Crippen MR) is 70.1 cm³/mol. The Morgan fingerprint density at radius 3 is 2.94 bits per heavy atom. The first kappa shape index (κ1) is 10.7. The number of fused-ring (bicyclic) bond motifs is 3. The molecule has 86 valence electrons. The highest BCUT2D eigenvalue weighted by Gasteiger charge is 2.11. The Balaban J connectivity index is 2.58. The molecule has 0 N–H and O–H groups in total. The molecule has 0 spiro atoms. The fraction of sp³-hybridized carbons (Fsp3) is 0.250. The standard InChI is InChI=1S/C12H11BrN4/c1-3-10-15-11-8(4-7(2)5-9(11)13)12-16-14-6-17(10)12/h4-6H,3H2,1-2H3. The average molecular weight is 291 g/mol. The molecule has 0 aliphatic heterocycles. The molecule has 0 aliphatic rings. The molecule has 2 heterocycles. The SMILES string of the molecule is CCc1nc2c(Br)cc(C)cc2c2nncn12. The van der Waals surface area contributed by atoms with Crippen molar-refractivity contribution in [1.29, 1.82) is 0 Å². The molecule has 1 aromatic carbocycles. The smallest absolute Gasteiger partial charge is 0.171 e. The van der Waals surface area contributed by atoms with Gasteiger partial charge in [0, 0.05) is 16.3 Å². The summed E-state index contributed by atoms with van der Waals surface area (Å²) in [6.07, 6.45) is 2.57. The number of aryl methyl sites for hydroxylation is 2. The number of benzene rings is 1. The Hall–Kier alpha value is -1.49. The zero-order chi connectivity index (χ0) is 12.0. The molecule has 0 saturated carbocycles. The van der Waals surface area contributed by atoms with Crippen molar-refractivity contribution in [2.24, 2.45) is 0 Å². The van der Waals surface area contributed by atoms with Crippen molar-refractivity contribution >= 4 is 32.5 Å². The fourth-order valence-corrected chi connectivity index (χ4v) is 2.72. The van der Waals surface area contributed by atoms with E-state index < -0.39 is 0 Å². The molecule has 0 radical (unpaired) electrons. The van der Waals surface area contributed by atoms with Crippen LogP contribution in [0.15, 0.2) is 22.9 Å². The highest BCUT2D eigenvalue weighted by atomic mass is 79.9. The average Bonchev–Trinajstić information content (AvgIpc) is 2.77. The molecule has 0 fully saturated rings.